The molecule has 222 valence electrons. The molecule has 2 heterocycles. The molecule has 4 aromatic carbocycles. The maximum absolute atomic E-state index is 12.6. The van der Waals surface area contributed by atoms with E-state index in [1.165, 1.54) is 17.2 Å². The van der Waals surface area contributed by atoms with Gasteiger partial charge in [-0.05, 0) is 48.9 Å². The van der Waals surface area contributed by atoms with Crippen LogP contribution in [0.2, 0.25) is 0 Å². The van der Waals surface area contributed by atoms with Crippen molar-refractivity contribution in [1.29, 1.82) is 0 Å². The molecule has 0 unspecified atom stereocenters. The van der Waals surface area contributed by atoms with Crippen LogP contribution in [0, 0.1) is 0 Å². The van der Waals surface area contributed by atoms with Crippen molar-refractivity contribution in [3.05, 3.63) is 108 Å². The molecule has 13 heteroatoms. The molecule has 3 N–H and O–H groups in total. The number of anilines is 1. The molecule has 0 saturated heterocycles. The number of hydrogen-bond donors (Lipinski definition) is 2. The number of nitrogens with two attached hydrogens (primary N) is 1. The van der Waals surface area contributed by atoms with E-state index in [4.69, 9.17) is 10.5 Å². The number of amides is 2. The van der Waals surface area contributed by atoms with Gasteiger partial charge in [0.25, 0.3) is 21.9 Å². The smallest absolute Gasteiger partial charge is 1.00 e. The Balaban J connectivity index is 0.00000240. The van der Waals surface area contributed by atoms with Gasteiger partial charge in [0.05, 0.1) is 35.3 Å². The normalized spacial score (nSPS) is 12.9. The van der Waals surface area contributed by atoms with Crippen LogP contribution < -0.4 is 40.0 Å². The summed E-state index contributed by atoms with van der Waals surface area (Å²) in [6.07, 6.45) is 1.95. The number of nitrogen functional groups attached to an aromatic ring is 1. The number of ether oxygens (including phenoxy) is 1. The van der Waals surface area contributed by atoms with Crippen LogP contribution in [0.1, 0.15) is 28.6 Å². The van der Waals surface area contributed by atoms with E-state index in [0.29, 0.717) is 40.1 Å². The van der Waals surface area contributed by atoms with Gasteiger partial charge in [0.15, 0.2) is 0 Å². The molecule has 2 amide bonds. The minimum atomic E-state index is -4.53. The van der Waals surface area contributed by atoms with Crippen LogP contribution in [0.4, 0.5) is 17.1 Å². The van der Waals surface area contributed by atoms with Gasteiger partial charge in [0.1, 0.15) is 22.0 Å². The number of para-hydroxylation sites is 1. The fourth-order valence-electron chi connectivity index (χ4n) is 5.01. The quantitative estimate of drug-likeness (QED) is 0.0625. The van der Waals surface area contributed by atoms with Crippen LogP contribution in [0.25, 0.3) is 22.0 Å². The number of fused-ring (bicyclic) bond motifs is 2. The van der Waals surface area contributed by atoms with Crippen LogP contribution >= 0.6 is 0 Å². The molecule has 1 aliphatic rings. The van der Waals surface area contributed by atoms with Crippen LogP contribution in [-0.2, 0) is 10.1 Å². The summed E-state index contributed by atoms with van der Waals surface area (Å²) in [6, 6.07) is 25.3. The van der Waals surface area contributed by atoms with E-state index in [1.54, 1.807) is 60.7 Å². The molecule has 0 radical (unpaired) electrons. The molecule has 0 bridgehead atoms. The van der Waals surface area contributed by atoms with Gasteiger partial charge in [-0.15, -0.1) is 10.2 Å². The van der Waals surface area contributed by atoms with E-state index < -0.39 is 10.1 Å². The van der Waals surface area contributed by atoms with Gasteiger partial charge in [-0.3, -0.25) is 24.0 Å². The van der Waals surface area contributed by atoms with Gasteiger partial charge in [0, 0.05) is 22.9 Å². The third-order valence-corrected chi connectivity index (χ3v) is 8.04. The maximum atomic E-state index is 12.6. The summed E-state index contributed by atoms with van der Waals surface area (Å²) >= 11 is 0. The largest absolute Gasteiger partial charge is 1.00 e. The number of rotatable bonds is 9. The molecule has 1 aromatic heterocycles. The zero-order chi connectivity index (χ0) is 30.8. The molecule has 0 atom stereocenters. The first-order valence-corrected chi connectivity index (χ1v) is 15.0. The topological polar surface area (TPSA) is 165 Å². The van der Waals surface area contributed by atoms with Crippen molar-refractivity contribution < 1.29 is 58.3 Å². The van der Waals surface area contributed by atoms with Crippen molar-refractivity contribution in [3.8, 4) is 17.0 Å². The number of carbonyl (C=O) groups excluding carboxylic acids is 2. The summed E-state index contributed by atoms with van der Waals surface area (Å²) in [4.78, 5) is 30.6. The fourth-order valence-corrected chi connectivity index (χ4v) is 5.73. The first kappa shape index (κ1) is 31.9. The first-order chi connectivity index (χ1) is 21.2. The van der Waals surface area contributed by atoms with Crippen LogP contribution in [-0.4, -0.2) is 47.8 Å². The van der Waals surface area contributed by atoms with Crippen molar-refractivity contribution >= 4 is 49.8 Å². The summed E-state index contributed by atoms with van der Waals surface area (Å²) in [5.41, 5.74) is 9.10. The average molecular weight is 632 g/mol. The van der Waals surface area contributed by atoms with Gasteiger partial charge in [-0.25, -0.2) is 0 Å². The molecule has 45 heavy (non-hydrogen) atoms. The second-order valence-electron chi connectivity index (χ2n) is 9.94. The van der Waals surface area contributed by atoms with Crippen molar-refractivity contribution in [2.24, 2.45) is 10.2 Å². The first-order valence-electron chi connectivity index (χ1n) is 13.6. The molecule has 0 saturated carbocycles. The predicted octanol–water partition coefficient (Wildman–Crippen LogP) is 3.33. The number of carbonyl (C=O) groups is 2. The molecule has 0 aliphatic carbocycles. The molecular weight excluding hydrogens is 605 g/mol. The van der Waals surface area contributed by atoms with Crippen LogP contribution in [0.3, 0.4) is 0 Å². The van der Waals surface area contributed by atoms with E-state index >= 15 is 0 Å². The number of pyridine rings is 1. The zero-order valence-corrected chi connectivity index (χ0v) is 26.9. The Morgan fingerprint density at radius 2 is 1.47 bits per heavy atom. The van der Waals surface area contributed by atoms with Gasteiger partial charge in [-0.2, -0.15) is 8.42 Å². The van der Waals surface area contributed by atoms with Gasteiger partial charge < -0.3 is 11.9 Å². The molecule has 5 aromatic rings. The van der Waals surface area contributed by atoms with E-state index in [2.05, 4.69) is 15.2 Å². The van der Waals surface area contributed by atoms with Gasteiger partial charge >= 0.3 is 29.6 Å². The van der Waals surface area contributed by atoms with Crippen LogP contribution in [0.5, 0.6) is 5.75 Å². The minimum Gasteiger partial charge on any atom is -1.00 e. The molecule has 1 aliphatic heterocycles. The number of imide groups is 1. The molecule has 0 spiro atoms. The van der Waals surface area contributed by atoms with Crippen molar-refractivity contribution in [3.63, 3.8) is 0 Å². The number of nitrogens with zero attached hydrogens (tertiary/aromatic N) is 4. The Kier molecular flexibility index (Phi) is 9.42. The molecular formula is C32H26N5NaO6S. The predicted molar refractivity (Wildman–Crippen MR) is 165 cm³/mol. The minimum absolute atomic E-state index is 0. The van der Waals surface area contributed by atoms with Crippen molar-refractivity contribution in [2.45, 2.75) is 11.3 Å². The summed E-state index contributed by atoms with van der Waals surface area (Å²) in [7, 11) is -4.53. The number of aromatic nitrogens is 1. The monoisotopic (exact) mass is 631 g/mol. The number of benzene rings is 4. The second-order valence-corrected chi connectivity index (χ2v) is 11.3. The van der Waals surface area contributed by atoms with E-state index in [1.807, 2.05) is 24.3 Å². The van der Waals surface area contributed by atoms with Crippen molar-refractivity contribution in [2.75, 3.05) is 18.9 Å². The number of hydrogen-bond acceptors (Lipinski definition) is 9. The maximum Gasteiger partial charge on any atom is 1.00 e. The Hall–Kier alpha value is -4.46. The molecule has 6 rings (SSSR count). The molecule has 0 fully saturated rings. The average Bonchev–Trinajstić information content (AvgIpc) is 3.27. The SMILES string of the molecule is Nc1c(N=Nc2ccc(-c3ccccc3OCCCN3C(=O)c4ccccc4C3=O)nc2)cc(S(=O)(=O)O)c2ccccc12.[H-].[Na+]. The summed E-state index contributed by atoms with van der Waals surface area (Å²) in [5, 5.41) is 9.00. The van der Waals surface area contributed by atoms with E-state index in [0.717, 1.165) is 5.56 Å². The Morgan fingerprint density at radius 3 is 2.11 bits per heavy atom. The third kappa shape index (κ3) is 6.51. The van der Waals surface area contributed by atoms with Gasteiger partial charge in [0.2, 0.25) is 0 Å². The fraction of sp³-hybridized carbons (Fsp3) is 0.0938. The Labute approximate surface area is 282 Å². The Morgan fingerprint density at radius 1 is 0.844 bits per heavy atom. The Bertz CT molecular complexity index is 2040. The summed E-state index contributed by atoms with van der Waals surface area (Å²) in [5.74, 6) is -0.0114. The van der Waals surface area contributed by atoms with Crippen molar-refractivity contribution in [1.82, 2.24) is 9.88 Å². The summed E-state index contributed by atoms with van der Waals surface area (Å²) < 4.78 is 39.7. The van der Waals surface area contributed by atoms with E-state index in [9.17, 15) is 22.6 Å². The second kappa shape index (κ2) is 13.3. The third-order valence-electron chi connectivity index (χ3n) is 7.15. The standard InChI is InChI=1S/C32H25N5O6S.Na.H/c33-30-22-9-2-1-8-21(22)29(44(40,41)42)18-27(30)36-35-20-14-15-26(34-19-20)25-12-5-6-13-28(25)43-17-7-16-37-31(38)23-10-3-4-11-24(23)32(37)39;;/h1-6,8-15,18-19H,7,16-17,33H2,(H,40,41,42);;/q;+1;-1. The van der Waals surface area contributed by atoms with E-state index in [-0.39, 0.29) is 77.6 Å². The summed E-state index contributed by atoms with van der Waals surface area (Å²) in [6.45, 7) is 0.509. The van der Waals surface area contributed by atoms with Gasteiger partial charge in [-0.1, -0.05) is 48.5 Å². The zero-order valence-electron chi connectivity index (χ0n) is 25.1. The molecule has 11 nitrogen and oxygen atoms in total. The van der Waals surface area contributed by atoms with Crippen LogP contribution in [0.15, 0.2) is 112 Å². The number of azo groups is 1.